The summed E-state index contributed by atoms with van der Waals surface area (Å²) < 4.78 is 75.9. The van der Waals surface area contributed by atoms with Gasteiger partial charge in [-0.05, 0) is 19.2 Å². The van der Waals surface area contributed by atoms with Gasteiger partial charge in [0.25, 0.3) is 15.6 Å². The number of hydrogen-bond acceptors (Lipinski definition) is 55. The number of carbonyl (C=O) groups is 8. The van der Waals surface area contributed by atoms with Crippen molar-refractivity contribution in [1.82, 2.24) is 45.7 Å². The zero-order valence-electron chi connectivity index (χ0n) is 70.7. The third kappa shape index (κ3) is 35.9. The zero-order chi connectivity index (χ0) is 95.6. The van der Waals surface area contributed by atoms with Gasteiger partial charge in [0.1, 0.15) is 146 Å². The molecule has 2 aromatic heterocycles. The molecule has 8 heterocycles. The van der Waals surface area contributed by atoms with Crippen molar-refractivity contribution in [3.05, 3.63) is 45.5 Å². The fourth-order valence-corrected chi connectivity index (χ4v) is 14.0. The molecule has 6 saturated heterocycles. The molecule has 0 spiro atoms. The van der Waals surface area contributed by atoms with Crippen LogP contribution in [0.5, 0.6) is 0 Å². The number of anilines is 2. The van der Waals surface area contributed by atoms with Crippen LogP contribution >= 0.6 is 15.6 Å². The molecule has 6 fully saturated rings. The van der Waals surface area contributed by atoms with Crippen molar-refractivity contribution >= 4 is 76.1 Å². The van der Waals surface area contributed by atoms with Gasteiger partial charge in [-0.1, -0.05) is 13.8 Å². The summed E-state index contributed by atoms with van der Waals surface area (Å²) in [7, 11) is -10.2. The number of ether oxygens (including phenoxy) is 6. The number of phosphoric acid groups is 2. The summed E-state index contributed by atoms with van der Waals surface area (Å²) in [6.07, 6.45) is -43.6. The number of aliphatic hydroxyl groups is 21. The van der Waals surface area contributed by atoms with Crippen molar-refractivity contribution in [1.29, 1.82) is 0 Å². The van der Waals surface area contributed by atoms with Gasteiger partial charge < -0.3 is 239 Å². The number of carbonyl (C=O) groups excluding carboxylic acids is 8. The SMILES string of the molecule is C=O.CC.CNCC(=O)NC1C(O)CC(O)(C(=O)[O-])OC1[C@H](O)[C@H](O)CO.NC1C(O)OC(CO)C(O)C1O.NCC(=O)NC1C(O)CC(OP(=O)([O-])OCC2OC(n3ccc(N)nc3=O)C(O)C2O)(C(=O)[O-])OC1[C@H](O)[C@H](O)CO.Nc1ccn(C2OC(COP(=O)([O-])OC3(C(=O)[O-])CC(O)C(NC(=O)CNC=O)C([C@H](O)[C@H](O)CO)O3)C(O)C2O)c(=O)n1.[Na+].[Na+].[Na+].[Na+].[Na+]. The maximum Gasteiger partial charge on any atom is 1.00 e. The zero-order valence-corrected chi connectivity index (χ0v) is 82.4. The van der Waals surface area contributed by atoms with Gasteiger partial charge in [0.05, 0.1) is 102 Å². The minimum atomic E-state index is -5.87. The number of rotatable bonds is 34. The molecule has 0 bridgehead atoms. The number of phosphoric ester groups is 2. The van der Waals surface area contributed by atoms with E-state index in [1.54, 1.807) is 0 Å². The average Bonchev–Trinajstić information content (AvgIpc) is 0.876. The van der Waals surface area contributed by atoms with E-state index in [0.717, 1.165) is 21.5 Å². The maximum atomic E-state index is 12.7. The van der Waals surface area contributed by atoms with Gasteiger partial charge in [-0.2, -0.15) is 9.97 Å². The van der Waals surface area contributed by atoms with Gasteiger partial charge in [-0.25, -0.2) is 9.59 Å². The number of hydrogen-bond donors (Lipinski definition) is 30. The van der Waals surface area contributed by atoms with Crippen molar-refractivity contribution in [3.63, 3.8) is 0 Å². The Labute approximate surface area is 844 Å². The Morgan fingerprint density at radius 3 is 1.22 bits per heavy atom. The van der Waals surface area contributed by atoms with Gasteiger partial charge in [0.15, 0.2) is 18.7 Å². The molecule has 0 saturated carbocycles. The summed E-state index contributed by atoms with van der Waals surface area (Å²) in [5, 5.41) is 252. The van der Waals surface area contributed by atoms with E-state index in [2.05, 4.69) is 49.3 Å². The molecule has 0 aromatic carbocycles. The Balaban J connectivity index is -0.00000174. The molecule has 61 nitrogen and oxygen atoms in total. The van der Waals surface area contributed by atoms with E-state index in [1.165, 1.54) is 19.2 Å². The van der Waals surface area contributed by atoms with Crippen LogP contribution in [0.3, 0.4) is 0 Å². The molecule has 0 aliphatic carbocycles. The monoisotopic (exact) mass is 1970 g/mol. The second-order valence-corrected chi connectivity index (χ2v) is 29.8. The van der Waals surface area contributed by atoms with Crippen molar-refractivity contribution in [2.45, 2.75) is 222 Å². The first-order valence-corrected chi connectivity index (χ1v) is 39.4. The first-order valence-electron chi connectivity index (χ1n) is 36.5. The Hall–Kier alpha value is -2.66. The van der Waals surface area contributed by atoms with Crippen LogP contribution < -0.4 is 234 Å². The molecule has 68 heteroatoms. The Bertz CT molecular complexity index is 4040. The molecular weight excluding hydrogens is 1870 g/mol. The number of nitrogens with two attached hydrogens (primary N) is 4. The van der Waals surface area contributed by atoms with Gasteiger partial charge in [-0.15, -0.1) is 0 Å². The summed E-state index contributed by atoms with van der Waals surface area (Å²) in [5.41, 5.74) is 19.3. The predicted octanol–water partition coefficient (Wildman–Crippen LogP) is -40.2. The van der Waals surface area contributed by atoms with E-state index in [1.807, 2.05) is 26.0 Å². The number of likely N-dealkylation sites (N-methyl/N-ethyl adjacent to an activating group) is 1. The number of aliphatic hydroxyl groups excluding tert-OH is 20. The molecule has 130 heavy (non-hydrogen) atoms. The van der Waals surface area contributed by atoms with Crippen LogP contribution in [0.4, 0.5) is 11.6 Å². The molecule has 0 radical (unpaired) electrons. The van der Waals surface area contributed by atoms with Crippen LogP contribution in [0.1, 0.15) is 45.6 Å². The largest absolute Gasteiger partial charge is 1.00 e. The molecule has 8 rings (SSSR count). The first-order chi connectivity index (χ1) is 58.3. The second kappa shape index (κ2) is 60.4. The second-order valence-electron chi connectivity index (χ2n) is 27.1. The first kappa shape index (κ1) is 131. The minimum absolute atomic E-state index is 0. The molecular formula is C62H102N13Na5O48P2. The van der Waals surface area contributed by atoms with Gasteiger partial charge in [0.2, 0.25) is 41.5 Å². The Kier molecular flexibility index (Phi) is 61.0. The Morgan fingerprint density at radius 1 is 0.562 bits per heavy atom. The minimum Gasteiger partial charge on any atom is -0.756 e. The summed E-state index contributed by atoms with van der Waals surface area (Å²) in [6.45, 7) is -1.27. The van der Waals surface area contributed by atoms with Crippen LogP contribution in [0.25, 0.3) is 0 Å². The molecule has 27 unspecified atom stereocenters. The number of aliphatic carboxylic acids is 3. The topological polar surface area (TPSA) is 1040 Å². The fourth-order valence-electron chi connectivity index (χ4n) is 12.2. The summed E-state index contributed by atoms with van der Waals surface area (Å²) in [4.78, 5) is 146. The maximum absolute atomic E-state index is 12.7. The van der Waals surface area contributed by atoms with Crippen molar-refractivity contribution in [3.8, 4) is 0 Å². The fraction of sp³-hybridized carbons (Fsp3) is 0.742. The quantitative estimate of drug-likeness (QED) is 0.0176. The van der Waals surface area contributed by atoms with Gasteiger partial charge in [0, 0.05) is 31.7 Å². The van der Waals surface area contributed by atoms with E-state index in [0.29, 0.717) is 0 Å². The van der Waals surface area contributed by atoms with Crippen LogP contribution in [0, 0.1) is 0 Å². The number of carboxylic acid groups (broad SMARTS) is 3. The summed E-state index contributed by atoms with van der Waals surface area (Å²) >= 11 is 0. The molecule has 718 valence electrons. The predicted molar refractivity (Wildman–Crippen MR) is 385 cm³/mol. The van der Waals surface area contributed by atoms with Crippen LogP contribution in [-0.2, 0) is 94.0 Å². The van der Waals surface area contributed by atoms with Crippen molar-refractivity contribution < 1.29 is 374 Å². The standard InChI is InChI=1S/C21H32N5O17P.C20H32N5O16P.C12H22N2O9.C6H13NO5.C2H6.CH2O.5Na/c22-11-1-2-26(20(37)24-11)18-16(34)15(33)10(41-18)6-40-44(38,39)43-21(19(35)36)3-8(29)13(25-12(31)4-23-7-28)17(42-21)14(32)9(30)5-27;21-4-11(29)24-12-7(27)3-20(18(33)34,40-16(12)13(30)8(28)5-26)41-42(36,37)38-6-9-14(31)15(32)17(39-9)25-2-1-10(22)23-19(25)35;1-13-3-7(18)14-8-5(16)2-12(22,11(20)21)23-10(8)9(19)6(17)4-15;7-3-5(10)4(9)2(1-8)12-6(3)11;2*1-2;;;;;/h1-2,7-10,13-18,27,29-30,32-34H,3-6H2,(H,23,28)(H,25,31)(H,35,36)(H,38,39)(H2,22,24,37);1-2,7-9,12-17,26-28,30-32H,3-6,21H2,(H,24,29)(H,33,34)(H,36,37)(H2,22,23,35);5-6,8-10,13,15-17,19,22H,2-4H2,1H3,(H,14,18)(H,20,21);2-6,8-11H,1,7H2;1-2H3;1H2;;;;;/q;;;;;;5*+1/p-5/t8?,9-,10?,13?,14-,15?,16?,17?,18?,21?;7?,8-,9?,12?,13-,14?,15?,16?,17?,20?;5?,6-,8?,9-,10?,12?;;;;;;;;/m111......../s1. The smallest absolute Gasteiger partial charge is 0.756 e. The molecule has 34 N–H and O–H groups in total. The van der Waals surface area contributed by atoms with E-state index >= 15 is 0 Å². The van der Waals surface area contributed by atoms with Crippen molar-refractivity contribution in [2.75, 3.05) is 77.8 Å². The molecule has 6 aliphatic heterocycles. The van der Waals surface area contributed by atoms with E-state index < -0.39 is 323 Å². The molecule has 33 atom stereocenters. The van der Waals surface area contributed by atoms with E-state index in [-0.39, 0.29) is 172 Å². The summed E-state index contributed by atoms with van der Waals surface area (Å²) in [5.74, 6) is -19.5. The number of nitrogens with one attached hydrogen (secondary N) is 5. The third-order valence-electron chi connectivity index (χ3n) is 18.5. The molecule has 6 aliphatic rings. The number of carboxylic acids is 3. The average molecular weight is 1970 g/mol. The van der Waals surface area contributed by atoms with E-state index in [9.17, 15) is 169 Å². The van der Waals surface area contributed by atoms with Crippen LogP contribution in [0.15, 0.2) is 34.1 Å². The Morgan fingerprint density at radius 2 is 0.900 bits per heavy atom. The molecule has 2 aromatic rings. The van der Waals surface area contributed by atoms with Crippen molar-refractivity contribution in [2.24, 2.45) is 11.5 Å². The normalized spacial score (nSPS) is 32.9. The van der Waals surface area contributed by atoms with Gasteiger partial charge in [-0.3, -0.25) is 46.5 Å². The van der Waals surface area contributed by atoms with Crippen LogP contribution in [0.2, 0.25) is 0 Å². The molecule has 4 amide bonds. The van der Waals surface area contributed by atoms with Gasteiger partial charge >= 0.3 is 159 Å². The summed E-state index contributed by atoms with van der Waals surface area (Å²) in [6, 6.07) is -3.46. The number of aromatic nitrogens is 4. The van der Waals surface area contributed by atoms with E-state index in [4.69, 9.17) is 71.5 Å². The third-order valence-corrected chi connectivity index (χ3v) is 20.4. The number of nitrogens with zero attached hydrogens (tertiary/aromatic N) is 4. The number of amides is 4. The van der Waals surface area contributed by atoms with Crippen LogP contribution in [-0.4, -0.2) is 417 Å². The number of nitrogen functional groups attached to an aromatic ring is 2.